The van der Waals surface area contributed by atoms with Crippen molar-refractivity contribution in [3.63, 3.8) is 0 Å². The van der Waals surface area contributed by atoms with Crippen LogP contribution in [-0.4, -0.2) is 34.1 Å². The van der Waals surface area contributed by atoms with E-state index in [1.165, 1.54) is 0 Å². The molecule has 0 aliphatic rings. The molecule has 0 unspecified atom stereocenters. The summed E-state index contributed by atoms with van der Waals surface area (Å²) in [6, 6.07) is 10.0. The van der Waals surface area contributed by atoms with E-state index in [1.807, 2.05) is 50.3 Å². The predicted octanol–water partition coefficient (Wildman–Crippen LogP) is 2.71. The van der Waals surface area contributed by atoms with Crippen molar-refractivity contribution in [3.8, 4) is 0 Å². The van der Waals surface area contributed by atoms with E-state index < -0.39 is 12.2 Å². The fourth-order valence-electron chi connectivity index (χ4n) is 2.47. The summed E-state index contributed by atoms with van der Waals surface area (Å²) in [4.78, 5) is 0. The molecule has 3 heteroatoms. The van der Waals surface area contributed by atoms with Crippen LogP contribution >= 0.6 is 0 Å². The standard InChI is InChI=1S/C18H28O3/c1-13(8-7-11-16-9-5-4-6-10-16)17(20)15(3)18(21)14(2)12-19/h4-7,9-11,13-15,17-21H,8,12H2,1-3H3/b11-7+/t13-,14+,15+,17+,18+/m1/s1. The van der Waals surface area contributed by atoms with Crippen LogP contribution in [0.15, 0.2) is 36.4 Å². The summed E-state index contributed by atoms with van der Waals surface area (Å²) in [6.45, 7) is 5.53. The van der Waals surface area contributed by atoms with Gasteiger partial charge in [0.1, 0.15) is 0 Å². The lowest BCUT2D eigenvalue weighted by atomic mass is 9.83. The van der Waals surface area contributed by atoms with Crippen LogP contribution in [0, 0.1) is 17.8 Å². The van der Waals surface area contributed by atoms with Gasteiger partial charge in [0.05, 0.1) is 12.2 Å². The summed E-state index contributed by atoms with van der Waals surface area (Å²) in [7, 11) is 0. The summed E-state index contributed by atoms with van der Waals surface area (Å²) in [6.07, 6.45) is 3.57. The van der Waals surface area contributed by atoms with Gasteiger partial charge in [-0.3, -0.25) is 0 Å². The zero-order valence-electron chi connectivity index (χ0n) is 13.2. The zero-order valence-corrected chi connectivity index (χ0v) is 13.2. The lowest BCUT2D eigenvalue weighted by molar-refractivity contribution is -0.0376. The highest BCUT2D eigenvalue weighted by molar-refractivity contribution is 5.48. The number of rotatable bonds is 8. The molecule has 0 fully saturated rings. The largest absolute Gasteiger partial charge is 0.396 e. The smallest absolute Gasteiger partial charge is 0.0637 e. The topological polar surface area (TPSA) is 60.7 Å². The van der Waals surface area contributed by atoms with Crippen LogP contribution in [0.1, 0.15) is 32.8 Å². The summed E-state index contributed by atoms with van der Waals surface area (Å²) in [5.41, 5.74) is 1.14. The van der Waals surface area contributed by atoms with E-state index in [0.717, 1.165) is 12.0 Å². The van der Waals surface area contributed by atoms with Crippen molar-refractivity contribution >= 4 is 6.08 Å². The van der Waals surface area contributed by atoms with Gasteiger partial charge in [-0.25, -0.2) is 0 Å². The molecule has 118 valence electrons. The molecule has 21 heavy (non-hydrogen) atoms. The normalized spacial score (nSPS) is 19.1. The first kappa shape index (κ1) is 17.9. The van der Waals surface area contributed by atoms with Gasteiger partial charge < -0.3 is 15.3 Å². The van der Waals surface area contributed by atoms with Gasteiger partial charge >= 0.3 is 0 Å². The molecule has 0 spiro atoms. The molecule has 0 aliphatic carbocycles. The molecule has 0 saturated carbocycles. The van der Waals surface area contributed by atoms with Crippen LogP contribution < -0.4 is 0 Å². The Hall–Kier alpha value is -1.16. The monoisotopic (exact) mass is 292 g/mol. The third-order valence-corrected chi connectivity index (χ3v) is 4.15. The highest BCUT2D eigenvalue weighted by atomic mass is 16.3. The SMILES string of the molecule is C[C@@H]([C@@H](O)[C@H](C)C/C=C/c1ccccc1)[C@@H](O)[C@@H](C)CO. The van der Waals surface area contributed by atoms with Gasteiger partial charge in [0, 0.05) is 18.4 Å². The van der Waals surface area contributed by atoms with Gasteiger partial charge in [0.2, 0.25) is 0 Å². The second-order valence-corrected chi connectivity index (χ2v) is 6.03. The van der Waals surface area contributed by atoms with Crippen molar-refractivity contribution in [1.82, 2.24) is 0 Å². The van der Waals surface area contributed by atoms with Crippen LogP contribution in [0.4, 0.5) is 0 Å². The van der Waals surface area contributed by atoms with Crippen molar-refractivity contribution in [1.29, 1.82) is 0 Å². The van der Waals surface area contributed by atoms with E-state index in [0.29, 0.717) is 0 Å². The Morgan fingerprint density at radius 2 is 1.52 bits per heavy atom. The molecule has 0 radical (unpaired) electrons. The number of benzene rings is 1. The maximum atomic E-state index is 10.3. The minimum atomic E-state index is -0.689. The summed E-state index contributed by atoms with van der Waals surface area (Å²) in [5.74, 6) is -0.422. The van der Waals surface area contributed by atoms with Crippen LogP contribution in [0.2, 0.25) is 0 Å². The van der Waals surface area contributed by atoms with Crippen molar-refractivity contribution in [2.75, 3.05) is 6.61 Å². The molecular weight excluding hydrogens is 264 g/mol. The van der Waals surface area contributed by atoms with E-state index in [-0.39, 0.29) is 24.4 Å². The predicted molar refractivity (Wildman–Crippen MR) is 86.7 cm³/mol. The molecular formula is C18H28O3. The van der Waals surface area contributed by atoms with Crippen LogP contribution in [0.25, 0.3) is 6.08 Å². The fourth-order valence-corrected chi connectivity index (χ4v) is 2.47. The molecule has 0 saturated heterocycles. The maximum Gasteiger partial charge on any atom is 0.0637 e. The first-order chi connectivity index (χ1) is 9.97. The summed E-state index contributed by atoms with van der Waals surface area (Å²) >= 11 is 0. The number of aliphatic hydroxyl groups excluding tert-OH is 3. The van der Waals surface area contributed by atoms with Crippen LogP contribution in [0.3, 0.4) is 0 Å². The number of allylic oxidation sites excluding steroid dienone is 1. The molecule has 0 heterocycles. The summed E-state index contributed by atoms with van der Waals surface area (Å²) in [5, 5.41) is 29.5. The maximum absolute atomic E-state index is 10.3. The van der Waals surface area contributed by atoms with Gasteiger partial charge in [-0.1, -0.05) is 63.3 Å². The third-order valence-electron chi connectivity index (χ3n) is 4.15. The number of hydrogen-bond acceptors (Lipinski definition) is 3. The Labute approximate surface area is 128 Å². The van der Waals surface area contributed by atoms with Gasteiger partial charge in [0.15, 0.2) is 0 Å². The molecule has 0 aromatic heterocycles. The van der Waals surface area contributed by atoms with E-state index in [2.05, 4.69) is 6.08 Å². The quantitative estimate of drug-likeness (QED) is 0.690. The van der Waals surface area contributed by atoms with E-state index in [4.69, 9.17) is 5.11 Å². The molecule has 1 aromatic carbocycles. The molecule has 1 aromatic rings. The van der Waals surface area contributed by atoms with E-state index in [1.54, 1.807) is 6.92 Å². The molecule has 0 aliphatic heterocycles. The van der Waals surface area contributed by atoms with Crippen molar-refractivity contribution in [2.24, 2.45) is 17.8 Å². The van der Waals surface area contributed by atoms with Crippen molar-refractivity contribution in [3.05, 3.63) is 42.0 Å². The Morgan fingerprint density at radius 3 is 2.10 bits per heavy atom. The molecule has 3 nitrogen and oxygen atoms in total. The molecule has 5 atom stereocenters. The average molecular weight is 292 g/mol. The van der Waals surface area contributed by atoms with Crippen LogP contribution in [0.5, 0.6) is 0 Å². The van der Waals surface area contributed by atoms with Crippen molar-refractivity contribution in [2.45, 2.75) is 39.4 Å². The fraction of sp³-hybridized carbons (Fsp3) is 0.556. The minimum absolute atomic E-state index is 0.0560. The summed E-state index contributed by atoms with van der Waals surface area (Å²) < 4.78 is 0. The van der Waals surface area contributed by atoms with Crippen LogP contribution in [-0.2, 0) is 0 Å². The Balaban J connectivity index is 2.50. The molecule has 1 rings (SSSR count). The Morgan fingerprint density at radius 1 is 0.952 bits per heavy atom. The van der Waals surface area contributed by atoms with Gasteiger partial charge in [-0.15, -0.1) is 0 Å². The first-order valence-electron chi connectivity index (χ1n) is 7.66. The Kier molecular flexibility index (Phi) is 7.65. The second kappa shape index (κ2) is 8.98. The molecule has 0 amide bonds. The highest BCUT2D eigenvalue weighted by Gasteiger charge is 2.29. The highest BCUT2D eigenvalue weighted by Crippen LogP contribution is 2.23. The zero-order chi connectivity index (χ0) is 15.8. The lowest BCUT2D eigenvalue weighted by Crippen LogP contribution is -2.38. The van der Waals surface area contributed by atoms with Crippen molar-refractivity contribution < 1.29 is 15.3 Å². The molecule has 3 N–H and O–H groups in total. The van der Waals surface area contributed by atoms with E-state index in [9.17, 15) is 10.2 Å². The average Bonchev–Trinajstić information content (AvgIpc) is 2.52. The van der Waals surface area contributed by atoms with Gasteiger partial charge in [-0.2, -0.15) is 0 Å². The minimum Gasteiger partial charge on any atom is -0.396 e. The van der Waals surface area contributed by atoms with Gasteiger partial charge in [-0.05, 0) is 17.9 Å². The third kappa shape index (κ3) is 5.62. The molecule has 0 bridgehead atoms. The lowest BCUT2D eigenvalue weighted by Gasteiger charge is -2.30. The number of hydrogen-bond donors (Lipinski definition) is 3. The first-order valence-corrected chi connectivity index (χ1v) is 7.66. The van der Waals surface area contributed by atoms with E-state index >= 15 is 0 Å². The number of aliphatic hydroxyl groups is 3. The Bertz CT molecular complexity index is 416. The second-order valence-electron chi connectivity index (χ2n) is 6.03. The van der Waals surface area contributed by atoms with Gasteiger partial charge in [0.25, 0.3) is 0 Å².